The first-order valence-electron chi connectivity index (χ1n) is 5.47. The van der Waals surface area contributed by atoms with Crippen LogP contribution in [0.1, 0.15) is 41.9 Å². The van der Waals surface area contributed by atoms with Crippen molar-refractivity contribution in [3.05, 3.63) is 27.9 Å². The highest BCUT2D eigenvalue weighted by molar-refractivity contribution is 5.86. The Hall–Kier alpha value is -1.69. The van der Waals surface area contributed by atoms with Crippen LogP contribution in [0.5, 0.6) is 0 Å². The predicted octanol–water partition coefficient (Wildman–Crippen LogP) is 0.884. The zero-order chi connectivity index (χ0) is 12.5. The molecule has 6 nitrogen and oxygen atoms in total. The molecule has 1 saturated carbocycles. The number of methoxy groups -OCH3 is 1. The fourth-order valence-electron chi connectivity index (χ4n) is 2.26. The first kappa shape index (κ1) is 11.8. The number of carboxylic acid groups (broad SMARTS) is 1. The maximum atomic E-state index is 11.6. The lowest BCUT2D eigenvalue weighted by atomic mass is 10.0. The number of carboxylic acids is 1. The molecule has 0 bridgehead atoms. The molecule has 0 amide bonds. The molecule has 6 heteroatoms. The van der Waals surface area contributed by atoms with Crippen LogP contribution in [-0.2, 0) is 10.3 Å². The van der Waals surface area contributed by atoms with Crippen molar-refractivity contribution in [1.82, 2.24) is 9.97 Å². The number of nitrogens with zero attached hydrogens (tertiary/aromatic N) is 1. The Morgan fingerprint density at radius 2 is 2.18 bits per heavy atom. The van der Waals surface area contributed by atoms with Gasteiger partial charge < -0.3 is 14.8 Å². The van der Waals surface area contributed by atoms with Gasteiger partial charge in [-0.15, -0.1) is 0 Å². The number of hydrogen-bond acceptors (Lipinski definition) is 4. The molecule has 92 valence electrons. The summed E-state index contributed by atoms with van der Waals surface area (Å²) in [5.74, 6) is -0.851. The van der Waals surface area contributed by atoms with Crippen LogP contribution < -0.4 is 5.56 Å². The SMILES string of the molecule is COC1(c2ncc(C(=O)O)c(=O)[nH]2)CCCC1. The highest BCUT2D eigenvalue weighted by Gasteiger charge is 2.38. The molecular formula is C11H14N2O4. The van der Waals surface area contributed by atoms with Crippen molar-refractivity contribution in [2.45, 2.75) is 31.3 Å². The third-order valence-electron chi connectivity index (χ3n) is 3.26. The second kappa shape index (κ2) is 4.29. The van der Waals surface area contributed by atoms with Crippen LogP contribution in [0.3, 0.4) is 0 Å². The van der Waals surface area contributed by atoms with Gasteiger partial charge in [0.05, 0.1) is 0 Å². The van der Waals surface area contributed by atoms with E-state index in [0.29, 0.717) is 5.82 Å². The topological polar surface area (TPSA) is 92.3 Å². The summed E-state index contributed by atoms with van der Waals surface area (Å²) in [4.78, 5) is 28.8. The molecule has 2 rings (SSSR count). The van der Waals surface area contributed by atoms with Crippen LogP contribution in [0.4, 0.5) is 0 Å². The third kappa shape index (κ3) is 1.95. The zero-order valence-corrected chi connectivity index (χ0v) is 9.52. The average molecular weight is 238 g/mol. The van der Waals surface area contributed by atoms with Crippen molar-refractivity contribution in [3.8, 4) is 0 Å². The van der Waals surface area contributed by atoms with Crippen molar-refractivity contribution in [2.24, 2.45) is 0 Å². The van der Waals surface area contributed by atoms with Crippen LogP contribution in [0.25, 0.3) is 0 Å². The van der Waals surface area contributed by atoms with E-state index >= 15 is 0 Å². The van der Waals surface area contributed by atoms with Crippen molar-refractivity contribution >= 4 is 5.97 Å². The Kier molecular flexibility index (Phi) is 2.97. The molecule has 0 aromatic carbocycles. The summed E-state index contributed by atoms with van der Waals surface area (Å²) in [5, 5.41) is 8.75. The van der Waals surface area contributed by atoms with Gasteiger partial charge in [0.25, 0.3) is 5.56 Å². The molecule has 1 aromatic rings. The molecule has 0 spiro atoms. The van der Waals surface area contributed by atoms with Gasteiger partial charge in [-0.05, 0) is 25.7 Å². The number of rotatable bonds is 3. The van der Waals surface area contributed by atoms with Gasteiger partial charge in [0.2, 0.25) is 0 Å². The number of carbonyl (C=O) groups is 1. The summed E-state index contributed by atoms with van der Waals surface area (Å²) in [6.07, 6.45) is 4.70. The molecule has 0 unspecified atom stereocenters. The Morgan fingerprint density at radius 1 is 1.53 bits per heavy atom. The highest BCUT2D eigenvalue weighted by Crippen LogP contribution is 2.39. The number of nitrogens with one attached hydrogen (secondary N) is 1. The molecule has 0 radical (unpaired) electrons. The normalized spacial score (nSPS) is 18.2. The van der Waals surface area contributed by atoms with E-state index in [1.165, 1.54) is 0 Å². The van der Waals surface area contributed by atoms with Gasteiger partial charge in [-0.25, -0.2) is 9.78 Å². The number of ether oxygens (including phenoxy) is 1. The summed E-state index contributed by atoms with van der Waals surface area (Å²) in [7, 11) is 1.58. The van der Waals surface area contributed by atoms with E-state index in [2.05, 4.69) is 9.97 Å². The second-order valence-electron chi connectivity index (χ2n) is 4.19. The fraction of sp³-hybridized carbons (Fsp3) is 0.545. The maximum Gasteiger partial charge on any atom is 0.342 e. The van der Waals surface area contributed by atoms with E-state index in [-0.39, 0.29) is 5.56 Å². The molecule has 17 heavy (non-hydrogen) atoms. The lowest BCUT2D eigenvalue weighted by Crippen LogP contribution is -2.31. The maximum absolute atomic E-state index is 11.6. The third-order valence-corrected chi connectivity index (χ3v) is 3.26. The van der Waals surface area contributed by atoms with Crippen molar-refractivity contribution in [3.63, 3.8) is 0 Å². The van der Waals surface area contributed by atoms with Crippen LogP contribution in [-0.4, -0.2) is 28.2 Å². The summed E-state index contributed by atoms with van der Waals surface area (Å²) in [5.41, 5.74) is -1.54. The minimum Gasteiger partial charge on any atom is -0.477 e. The van der Waals surface area contributed by atoms with Crippen LogP contribution in [0.15, 0.2) is 11.0 Å². The Balaban J connectivity index is 2.43. The van der Waals surface area contributed by atoms with Crippen molar-refractivity contribution in [1.29, 1.82) is 0 Å². The van der Waals surface area contributed by atoms with Crippen molar-refractivity contribution < 1.29 is 14.6 Å². The monoisotopic (exact) mass is 238 g/mol. The number of aromatic carboxylic acids is 1. The first-order valence-corrected chi connectivity index (χ1v) is 5.47. The van der Waals surface area contributed by atoms with E-state index in [4.69, 9.17) is 9.84 Å². The summed E-state index contributed by atoms with van der Waals surface area (Å²) in [6.45, 7) is 0. The van der Waals surface area contributed by atoms with Crippen molar-refractivity contribution in [2.75, 3.05) is 7.11 Å². The molecule has 2 N–H and O–H groups in total. The second-order valence-corrected chi connectivity index (χ2v) is 4.19. The fourth-order valence-corrected chi connectivity index (χ4v) is 2.26. The Labute approximate surface area is 97.7 Å². The Bertz CT molecular complexity index is 488. The van der Waals surface area contributed by atoms with E-state index < -0.39 is 17.1 Å². The van der Waals surface area contributed by atoms with Gasteiger partial charge in [0.15, 0.2) is 0 Å². The van der Waals surface area contributed by atoms with Gasteiger partial charge in [-0.1, -0.05) is 0 Å². The molecule has 0 atom stereocenters. The van der Waals surface area contributed by atoms with Gasteiger partial charge in [-0.3, -0.25) is 4.79 Å². The van der Waals surface area contributed by atoms with E-state index in [9.17, 15) is 9.59 Å². The minimum absolute atomic E-state index is 0.349. The summed E-state index contributed by atoms with van der Waals surface area (Å²) < 4.78 is 5.46. The molecular weight excluding hydrogens is 224 g/mol. The smallest absolute Gasteiger partial charge is 0.342 e. The van der Waals surface area contributed by atoms with Crippen LogP contribution in [0, 0.1) is 0 Å². The van der Waals surface area contributed by atoms with Crippen LogP contribution in [0.2, 0.25) is 0 Å². The van der Waals surface area contributed by atoms with E-state index in [1.807, 2.05) is 0 Å². The molecule has 1 heterocycles. The number of aromatic amines is 1. The molecule has 1 aliphatic rings. The lowest BCUT2D eigenvalue weighted by molar-refractivity contribution is -0.0165. The molecule has 1 fully saturated rings. The van der Waals surface area contributed by atoms with E-state index in [1.54, 1.807) is 7.11 Å². The quantitative estimate of drug-likeness (QED) is 0.815. The van der Waals surface area contributed by atoms with Crippen LogP contribution >= 0.6 is 0 Å². The van der Waals surface area contributed by atoms with E-state index in [0.717, 1.165) is 31.9 Å². The molecule has 1 aromatic heterocycles. The predicted molar refractivity (Wildman–Crippen MR) is 59.0 cm³/mol. The molecule has 0 saturated heterocycles. The summed E-state index contributed by atoms with van der Waals surface area (Å²) in [6, 6.07) is 0. The number of H-pyrrole nitrogens is 1. The Morgan fingerprint density at radius 3 is 2.65 bits per heavy atom. The number of hydrogen-bond donors (Lipinski definition) is 2. The van der Waals surface area contributed by atoms with Gasteiger partial charge in [-0.2, -0.15) is 0 Å². The molecule has 1 aliphatic carbocycles. The van der Waals surface area contributed by atoms with Gasteiger partial charge in [0.1, 0.15) is 17.0 Å². The molecule has 0 aliphatic heterocycles. The standard InChI is InChI=1S/C11H14N2O4/c1-17-11(4-2-3-5-11)10-12-6-7(9(15)16)8(14)13-10/h6H,2-5H2,1H3,(H,15,16)(H,12,13,14). The highest BCUT2D eigenvalue weighted by atomic mass is 16.5. The minimum atomic E-state index is -1.27. The van der Waals surface area contributed by atoms with Gasteiger partial charge >= 0.3 is 5.97 Å². The lowest BCUT2D eigenvalue weighted by Gasteiger charge is -2.25. The first-order chi connectivity index (χ1) is 8.09. The summed E-state index contributed by atoms with van der Waals surface area (Å²) >= 11 is 0. The number of aromatic nitrogens is 2. The largest absolute Gasteiger partial charge is 0.477 e. The van der Waals surface area contributed by atoms with Gasteiger partial charge in [0, 0.05) is 13.3 Å². The average Bonchev–Trinajstić information content (AvgIpc) is 2.78. The zero-order valence-electron chi connectivity index (χ0n) is 9.52.